The van der Waals surface area contributed by atoms with Gasteiger partial charge in [0.2, 0.25) is 0 Å². The predicted octanol–water partition coefficient (Wildman–Crippen LogP) is 3.14. The second-order valence-electron chi connectivity index (χ2n) is 6.57. The number of benzene rings is 1. The van der Waals surface area contributed by atoms with Crippen molar-refractivity contribution in [1.82, 2.24) is 19.7 Å². The average Bonchev–Trinajstić information content (AvgIpc) is 2.87. The summed E-state index contributed by atoms with van der Waals surface area (Å²) in [5, 5.41) is 15.7. The Labute approximate surface area is 148 Å². The van der Waals surface area contributed by atoms with Crippen LogP contribution < -0.4 is 0 Å². The van der Waals surface area contributed by atoms with Gasteiger partial charge in [-0.25, -0.2) is 9.67 Å². The van der Waals surface area contributed by atoms with Gasteiger partial charge >= 0.3 is 0 Å². The molecule has 24 heavy (non-hydrogen) atoms. The Morgan fingerprint density at radius 1 is 1.29 bits per heavy atom. The van der Waals surface area contributed by atoms with Gasteiger partial charge in [0.25, 0.3) is 0 Å². The van der Waals surface area contributed by atoms with E-state index in [2.05, 4.69) is 15.0 Å². The predicted molar refractivity (Wildman–Crippen MR) is 95.1 cm³/mol. The minimum Gasteiger partial charge on any atom is -0.387 e. The molecule has 1 N–H and O–H groups in total. The number of rotatable bonds is 5. The highest BCUT2D eigenvalue weighted by Crippen LogP contribution is 2.26. The fourth-order valence-corrected chi connectivity index (χ4v) is 3.77. The van der Waals surface area contributed by atoms with Crippen LogP contribution in [-0.2, 0) is 6.54 Å². The van der Waals surface area contributed by atoms with Crippen molar-refractivity contribution >= 4 is 11.6 Å². The highest BCUT2D eigenvalue weighted by molar-refractivity contribution is 6.31. The van der Waals surface area contributed by atoms with Gasteiger partial charge in [0, 0.05) is 23.2 Å². The summed E-state index contributed by atoms with van der Waals surface area (Å²) in [6.45, 7) is 6.33. The van der Waals surface area contributed by atoms with E-state index in [9.17, 15) is 5.11 Å². The molecule has 2 aromatic rings. The Hall–Kier alpha value is -1.43. The largest absolute Gasteiger partial charge is 0.387 e. The summed E-state index contributed by atoms with van der Waals surface area (Å²) in [6.07, 6.45) is 2.93. The van der Waals surface area contributed by atoms with Crippen molar-refractivity contribution in [2.45, 2.75) is 51.8 Å². The zero-order valence-corrected chi connectivity index (χ0v) is 15.1. The van der Waals surface area contributed by atoms with Crippen LogP contribution in [0.5, 0.6) is 0 Å². The van der Waals surface area contributed by atoms with E-state index < -0.39 is 6.10 Å². The van der Waals surface area contributed by atoms with E-state index >= 15 is 0 Å². The number of hydrogen-bond acceptors (Lipinski definition) is 4. The van der Waals surface area contributed by atoms with Crippen molar-refractivity contribution in [2.24, 2.45) is 0 Å². The topological polar surface area (TPSA) is 54.2 Å². The molecule has 0 amide bonds. The first kappa shape index (κ1) is 17.4. The summed E-state index contributed by atoms with van der Waals surface area (Å²) < 4.78 is 1.99. The zero-order chi connectivity index (χ0) is 17.1. The molecule has 1 saturated heterocycles. The number of aryl methyl sites for hydroxylation is 2. The smallest absolute Gasteiger partial charge is 0.147 e. The average molecular weight is 349 g/mol. The van der Waals surface area contributed by atoms with Gasteiger partial charge in [0.1, 0.15) is 11.6 Å². The van der Waals surface area contributed by atoms with E-state index in [-0.39, 0.29) is 0 Å². The standard InChI is InChI=1S/C18H25ClN4O/c1-13-20-14(2)23(21-13)11-15-7-5-6-10-22(15)12-18(24)16-8-3-4-9-17(16)19/h3-4,8-9,15,18,24H,5-7,10-12H2,1-2H3. The Bertz CT molecular complexity index is 687. The normalized spacial score (nSPS) is 20.2. The molecule has 1 aromatic carbocycles. The van der Waals surface area contributed by atoms with Gasteiger partial charge in [0.15, 0.2) is 0 Å². The quantitative estimate of drug-likeness (QED) is 0.901. The second kappa shape index (κ2) is 7.64. The zero-order valence-electron chi connectivity index (χ0n) is 14.3. The Kier molecular flexibility index (Phi) is 5.54. The van der Waals surface area contributed by atoms with Crippen LogP contribution >= 0.6 is 11.6 Å². The number of β-amino-alcohol motifs (C(OH)–C–C–N with tert-alkyl or cyclic N) is 1. The van der Waals surface area contributed by atoms with E-state index in [1.807, 2.05) is 42.8 Å². The van der Waals surface area contributed by atoms with Gasteiger partial charge in [-0.15, -0.1) is 0 Å². The van der Waals surface area contributed by atoms with E-state index in [0.29, 0.717) is 17.6 Å². The molecular weight excluding hydrogens is 324 g/mol. The molecule has 0 radical (unpaired) electrons. The molecule has 2 atom stereocenters. The molecule has 6 heteroatoms. The monoisotopic (exact) mass is 348 g/mol. The van der Waals surface area contributed by atoms with Gasteiger partial charge in [0.05, 0.1) is 12.6 Å². The number of halogens is 1. The van der Waals surface area contributed by atoms with Crippen molar-refractivity contribution in [3.05, 3.63) is 46.5 Å². The maximum Gasteiger partial charge on any atom is 0.147 e. The SMILES string of the molecule is Cc1nc(C)n(CC2CCCCN2CC(O)c2ccccc2Cl)n1. The molecule has 130 valence electrons. The summed E-state index contributed by atoms with van der Waals surface area (Å²) >= 11 is 6.23. The van der Waals surface area contributed by atoms with Gasteiger partial charge < -0.3 is 5.11 Å². The lowest BCUT2D eigenvalue weighted by Gasteiger charge is -2.37. The molecule has 1 aliphatic heterocycles. The third-order valence-corrected chi connectivity index (χ3v) is 5.11. The molecule has 1 aliphatic rings. The summed E-state index contributed by atoms with van der Waals surface area (Å²) in [5.41, 5.74) is 0.802. The number of piperidine rings is 1. The third-order valence-electron chi connectivity index (χ3n) is 4.77. The van der Waals surface area contributed by atoms with E-state index in [4.69, 9.17) is 11.6 Å². The van der Waals surface area contributed by atoms with Crippen LogP contribution in [0, 0.1) is 13.8 Å². The van der Waals surface area contributed by atoms with Crippen LogP contribution in [0.3, 0.4) is 0 Å². The van der Waals surface area contributed by atoms with Crippen LogP contribution in [0.15, 0.2) is 24.3 Å². The van der Waals surface area contributed by atoms with Gasteiger partial charge in [-0.2, -0.15) is 5.10 Å². The third kappa shape index (κ3) is 3.97. The summed E-state index contributed by atoms with van der Waals surface area (Å²) in [4.78, 5) is 6.76. The Morgan fingerprint density at radius 3 is 2.79 bits per heavy atom. The van der Waals surface area contributed by atoms with E-state index in [1.54, 1.807) is 0 Å². The number of aliphatic hydroxyl groups is 1. The van der Waals surface area contributed by atoms with Gasteiger partial charge in [-0.3, -0.25) is 4.90 Å². The summed E-state index contributed by atoms with van der Waals surface area (Å²) in [5.74, 6) is 1.76. The molecule has 2 heterocycles. The number of aromatic nitrogens is 3. The van der Waals surface area contributed by atoms with E-state index in [0.717, 1.165) is 36.7 Å². The molecule has 0 saturated carbocycles. The first-order chi connectivity index (χ1) is 11.5. The molecule has 0 spiro atoms. The minimum absolute atomic E-state index is 0.371. The molecule has 0 bridgehead atoms. The maximum atomic E-state index is 10.6. The van der Waals surface area contributed by atoms with Gasteiger partial charge in [-0.05, 0) is 39.3 Å². The lowest BCUT2D eigenvalue weighted by Crippen LogP contribution is -2.44. The minimum atomic E-state index is -0.571. The molecule has 0 aliphatic carbocycles. The fraction of sp³-hybridized carbons (Fsp3) is 0.556. The maximum absolute atomic E-state index is 10.6. The molecule has 2 unspecified atom stereocenters. The second-order valence-corrected chi connectivity index (χ2v) is 6.98. The summed E-state index contributed by atoms with van der Waals surface area (Å²) in [6, 6.07) is 7.90. The Morgan fingerprint density at radius 2 is 2.08 bits per heavy atom. The van der Waals surface area contributed by atoms with Gasteiger partial charge in [-0.1, -0.05) is 36.2 Å². The van der Waals surface area contributed by atoms with E-state index in [1.165, 1.54) is 12.8 Å². The first-order valence-corrected chi connectivity index (χ1v) is 8.97. The fourth-order valence-electron chi connectivity index (χ4n) is 3.51. The van der Waals surface area contributed by atoms with Crippen molar-refractivity contribution in [2.75, 3.05) is 13.1 Å². The van der Waals surface area contributed by atoms with Crippen molar-refractivity contribution in [1.29, 1.82) is 0 Å². The van der Waals surface area contributed by atoms with Crippen molar-refractivity contribution < 1.29 is 5.11 Å². The Balaban J connectivity index is 1.70. The molecule has 1 fully saturated rings. The van der Waals surface area contributed by atoms with Crippen molar-refractivity contribution in [3.8, 4) is 0 Å². The summed E-state index contributed by atoms with van der Waals surface area (Å²) in [7, 11) is 0. The highest BCUT2D eigenvalue weighted by atomic mass is 35.5. The van der Waals surface area contributed by atoms with Crippen LogP contribution in [0.2, 0.25) is 5.02 Å². The number of nitrogens with zero attached hydrogens (tertiary/aromatic N) is 4. The number of likely N-dealkylation sites (tertiary alicyclic amines) is 1. The molecule has 3 rings (SSSR count). The lowest BCUT2D eigenvalue weighted by molar-refractivity contribution is 0.0588. The number of aliphatic hydroxyl groups excluding tert-OH is 1. The molecule has 1 aromatic heterocycles. The van der Waals surface area contributed by atoms with Crippen LogP contribution in [0.25, 0.3) is 0 Å². The molecular formula is C18H25ClN4O. The highest BCUT2D eigenvalue weighted by Gasteiger charge is 2.26. The van der Waals surface area contributed by atoms with Crippen LogP contribution in [0.1, 0.15) is 42.6 Å². The lowest BCUT2D eigenvalue weighted by atomic mass is 10.00. The molecule has 5 nitrogen and oxygen atoms in total. The van der Waals surface area contributed by atoms with Crippen LogP contribution in [-0.4, -0.2) is 43.9 Å². The van der Waals surface area contributed by atoms with Crippen molar-refractivity contribution in [3.63, 3.8) is 0 Å². The first-order valence-electron chi connectivity index (χ1n) is 8.59. The number of hydrogen-bond donors (Lipinski definition) is 1. The van der Waals surface area contributed by atoms with Crippen LogP contribution in [0.4, 0.5) is 0 Å².